The Morgan fingerprint density at radius 1 is 1.00 bits per heavy atom. The summed E-state index contributed by atoms with van der Waals surface area (Å²) in [6.07, 6.45) is 2.84. The maximum absolute atomic E-state index is 11.2. The molecule has 0 aliphatic carbocycles. The lowest BCUT2D eigenvalue weighted by Crippen LogP contribution is -2.29. The molecule has 1 N–H and O–H groups in total. The minimum absolute atomic E-state index is 0.00593. The second kappa shape index (κ2) is 9.83. The lowest BCUT2D eigenvalue weighted by atomic mass is 9.83. The first-order valence-electron chi connectivity index (χ1n) is 10.2. The van der Waals surface area contributed by atoms with Crippen LogP contribution in [0.25, 0.3) is 6.08 Å². The van der Waals surface area contributed by atoms with E-state index in [1.54, 1.807) is 32.1 Å². The Balaban J connectivity index is 1.77. The maximum Gasteiger partial charge on any atom is 0.328 e. The van der Waals surface area contributed by atoms with Crippen LogP contribution in [0.2, 0.25) is 0 Å². The third kappa shape index (κ3) is 4.75. The van der Waals surface area contributed by atoms with E-state index in [9.17, 15) is 4.79 Å². The van der Waals surface area contributed by atoms with E-state index in [1.165, 1.54) is 6.08 Å². The fourth-order valence-electron chi connectivity index (χ4n) is 3.90. The number of benzene rings is 3. The number of carbonyl (C=O) groups is 1. The molecule has 2 atom stereocenters. The summed E-state index contributed by atoms with van der Waals surface area (Å²) in [4.78, 5) is 12.3. The molecule has 0 saturated heterocycles. The van der Waals surface area contributed by atoms with E-state index >= 15 is 0 Å². The summed E-state index contributed by atoms with van der Waals surface area (Å²) in [7, 11) is 3.29. The lowest BCUT2D eigenvalue weighted by molar-refractivity contribution is -0.131. The Kier molecular flexibility index (Phi) is 6.71. The van der Waals surface area contributed by atoms with Gasteiger partial charge in [0, 0.05) is 28.5 Å². The number of hydrogen-bond donors (Lipinski definition) is 1. The highest BCUT2D eigenvalue weighted by Gasteiger charge is 2.34. The molecule has 1 aliphatic rings. The molecule has 0 saturated carbocycles. The minimum atomic E-state index is -0.971. The number of carboxylic acid groups (broad SMARTS) is 1. The topological polar surface area (TPSA) is 65.0 Å². The highest BCUT2D eigenvalue weighted by atomic mass is 32.2. The first-order chi connectivity index (χ1) is 15.6. The molecule has 164 valence electrons. The fraction of sp³-hybridized carbons (Fsp3) is 0.192. The molecule has 4 rings (SSSR count). The van der Waals surface area contributed by atoms with Gasteiger partial charge in [0.25, 0.3) is 0 Å². The molecule has 0 amide bonds. The van der Waals surface area contributed by atoms with Crippen molar-refractivity contribution in [3.63, 3.8) is 0 Å². The fourth-order valence-corrected chi connectivity index (χ4v) is 5.11. The number of methoxy groups -OCH3 is 2. The van der Waals surface area contributed by atoms with Crippen molar-refractivity contribution in [2.24, 2.45) is 0 Å². The van der Waals surface area contributed by atoms with Crippen LogP contribution >= 0.6 is 11.8 Å². The molecule has 6 heteroatoms. The van der Waals surface area contributed by atoms with Crippen LogP contribution in [0.5, 0.6) is 17.2 Å². The summed E-state index contributed by atoms with van der Waals surface area (Å²) in [6.45, 7) is 0.512. The molecule has 2 unspecified atom stereocenters. The van der Waals surface area contributed by atoms with Crippen LogP contribution in [0, 0.1) is 0 Å². The van der Waals surface area contributed by atoms with Gasteiger partial charge in [-0.1, -0.05) is 30.3 Å². The molecule has 3 aromatic rings. The van der Waals surface area contributed by atoms with E-state index in [4.69, 9.17) is 19.3 Å². The van der Waals surface area contributed by atoms with Crippen molar-refractivity contribution >= 4 is 23.8 Å². The Labute approximate surface area is 191 Å². The van der Waals surface area contributed by atoms with Crippen LogP contribution in [-0.4, -0.2) is 37.2 Å². The van der Waals surface area contributed by atoms with Crippen LogP contribution in [0.4, 0.5) is 0 Å². The number of aliphatic carboxylic acids is 1. The van der Waals surface area contributed by atoms with Crippen LogP contribution < -0.4 is 14.2 Å². The van der Waals surface area contributed by atoms with Crippen molar-refractivity contribution in [1.82, 2.24) is 0 Å². The highest BCUT2D eigenvalue weighted by molar-refractivity contribution is 8.00. The zero-order valence-electron chi connectivity index (χ0n) is 17.9. The third-order valence-corrected chi connectivity index (χ3v) is 6.67. The Hall–Kier alpha value is -3.38. The van der Waals surface area contributed by atoms with Crippen molar-refractivity contribution in [3.05, 3.63) is 89.5 Å². The second-order valence-electron chi connectivity index (χ2n) is 7.32. The first kappa shape index (κ1) is 21.8. The normalized spacial score (nSPS) is 17.4. The van der Waals surface area contributed by atoms with Crippen molar-refractivity contribution in [3.8, 4) is 17.2 Å². The molecular weight excluding hydrogens is 424 g/mol. The Bertz CT molecular complexity index is 1120. The van der Waals surface area contributed by atoms with Gasteiger partial charge in [-0.2, -0.15) is 0 Å². The summed E-state index contributed by atoms with van der Waals surface area (Å²) in [5.74, 6) is 1.38. The molecule has 32 heavy (non-hydrogen) atoms. The molecular formula is C26H24O5S. The average Bonchev–Trinajstić information content (AvgIpc) is 2.83. The number of carboxylic acids is 1. The minimum Gasteiger partial charge on any atom is -0.497 e. The quantitative estimate of drug-likeness (QED) is 0.483. The molecule has 0 aromatic heterocycles. The van der Waals surface area contributed by atoms with Crippen molar-refractivity contribution in [2.75, 3.05) is 20.8 Å². The van der Waals surface area contributed by atoms with Crippen LogP contribution in [0.1, 0.15) is 22.6 Å². The van der Waals surface area contributed by atoms with E-state index in [0.717, 1.165) is 38.8 Å². The van der Waals surface area contributed by atoms with E-state index in [1.807, 2.05) is 60.7 Å². The molecule has 3 aromatic carbocycles. The number of rotatable bonds is 7. The van der Waals surface area contributed by atoms with E-state index in [2.05, 4.69) is 6.07 Å². The average molecular weight is 449 g/mol. The van der Waals surface area contributed by atoms with Gasteiger partial charge in [-0.25, -0.2) is 4.79 Å². The van der Waals surface area contributed by atoms with Crippen LogP contribution in [0.3, 0.4) is 0 Å². The van der Waals surface area contributed by atoms with Crippen molar-refractivity contribution in [1.29, 1.82) is 0 Å². The summed E-state index contributed by atoms with van der Waals surface area (Å²) >= 11 is 1.74. The van der Waals surface area contributed by atoms with Gasteiger partial charge in [0.05, 0.1) is 19.5 Å². The predicted molar refractivity (Wildman–Crippen MR) is 126 cm³/mol. The molecule has 0 spiro atoms. The largest absolute Gasteiger partial charge is 0.497 e. The Morgan fingerprint density at radius 3 is 2.44 bits per heavy atom. The van der Waals surface area contributed by atoms with Gasteiger partial charge in [0.1, 0.15) is 23.9 Å². The molecule has 1 heterocycles. The SMILES string of the molecule is COc1ccc(SC2COc3cc(OC)ccc3C2c2ccccc2/C=C/C(=O)O)cc1. The number of hydrogen-bond acceptors (Lipinski definition) is 5. The number of fused-ring (bicyclic) bond motifs is 1. The summed E-state index contributed by atoms with van der Waals surface area (Å²) in [5.41, 5.74) is 2.99. The molecule has 0 fully saturated rings. The Morgan fingerprint density at radius 2 is 1.72 bits per heavy atom. The molecule has 0 bridgehead atoms. The standard InChI is InChI=1S/C26H24O5S/c1-29-18-8-11-20(12-9-18)32-24-16-31-23-15-19(30-2)10-13-22(23)26(24)21-6-4-3-5-17(21)7-14-25(27)28/h3-15,24,26H,16H2,1-2H3,(H,27,28)/b14-7+. The third-order valence-electron chi connectivity index (χ3n) is 5.41. The number of thioether (sulfide) groups is 1. The maximum atomic E-state index is 11.2. The second-order valence-corrected chi connectivity index (χ2v) is 8.64. The monoisotopic (exact) mass is 448 g/mol. The smallest absolute Gasteiger partial charge is 0.328 e. The van der Waals surface area contributed by atoms with E-state index in [-0.39, 0.29) is 11.2 Å². The zero-order chi connectivity index (χ0) is 22.5. The van der Waals surface area contributed by atoms with Gasteiger partial charge in [-0.3, -0.25) is 0 Å². The van der Waals surface area contributed by atoms with Crippen LogP contribution in [-0.2, 0) is 4.79 Å². The highest BCUT2D eigenvalue weighted by Crippen LogP contribution is 2.47. The van der Waals surface area contributed by atoms with Gasteiger partial charge in [0.2, 0.25) is 0 Å². The number of ether oxygens (including phenoxy) is 3. The zero-order valence-corrected chi connectivity index (χ0v) is 18.7. The van der Waals surface area contributed by atoms with E-state index < -0.39 is 5.97 Å². The molecule has 1 aliphatic heterocycles. The predicted octanol–water partition coefficient (Wildman–Crippen LogP) is 5.49. The van der Waals surface area contributed by atoms with Gasteiger partial charge in [0.15, 0.2) is 0 Å². The summed E-state index contributed by atoms with van der Waals surface area (Å²) < 4.78 is 16.8. The van der Waals surface area contributed by atoms with Gasteiger partial charge in [-0.15, -0.1) is 11.8 Å². The van der Waals surface area contributed by atoms with Crippen molar-refractivity contribution in [2.45, 2.75) is 16.1 Å². The first-order valence-corrected chi connectivity index (χ1v) is 11.1. The summed E-state index contributed by atoms with van der Waals surface area (Å²) in [5, 5.41) is 9.23. The van der Waals surface area contributed by atoms with Gasteiger partial charge in [-0.05, 0) is 47.5 Å². The molecule has 5 nitrogen and oxygen atoms in total. The molecule has 0 radical (unpaired) electrons. The summed E-state index contributed by atoms with van der Waals surface area (Å²) in [6, 6.07) is 21.8. The van der Waals surface area contributed by atoms with Crippen LogP contribution in [0.15, 0.2) is 77.7 Å². The van der Waals surface area contributed by atoms with E-state index in [0.29, 0.717) is 6.61 Å². The van der Waals surface area contributed by atoms with Crippen molar-refractivity contribution < 1.29 is 24.1 Å². The van der Waals surface area contributed by atoms with Gasteiger partial charge < -0.3 is 19.3 Å². The van der Waals surface area contributed by atoms with Gasteiger partial charge >= 0.3 is 5.97 Å². The lowest BCUT2D eigenvalue weighted by Gasteiger charge is -2.34.